The summed E-state index contributed by atoms with van der Waals surface area (Å²) >= 11 is 1.26. The predicted octanol–water partition coefficient (Wildman–Crippen LogP) is 3.78. The zero-order valence-electron chi connectivity index (χ0n) is 13.4. The molecule has 3 rings (SSSR count). The highest BCUT2D eigenvalue weighted by Crippen LogP contribution is 2.32. The molecule has 1 aromatic carbocycles. The van der Waals surface area contributed by atoms with E-state index in [-0.39, 0.29) is 0 Å². The minimum absolute atomic E-state index is 0.377. The molecule has 3 aromatic rings. The first kappa shape index (κ1) is 16.0. The molecule has 0 fully saturated rings. The Morgan fingerprint density at radius 1 is 1.17 bits per heavy atom. The Morgan fingerprint density at radius 3 is 2.58 bits per heavy atom. The van der Waals surface area contributed by atoms with Gasteiger partial charge in [-0.05, 0) is 55.9 Å². The monoisotopic (exact) mass is 338 g/mol. The average Bonchev–Trinajstić information content (AvgIpc) is 3.03. The number of methoxy groups -OCH3 is 1. The summed E-state index contributed by atoms with van der Waals surface area (Å²) in [6.45, 7) is 3.70. The normalized spacial score (nSPS) is 10.4. The van der Waals surface area contributed by atoms with E-state index >= 15 is 0 Å². The largest absolute Gasteiger partial charge is 0.497 e. The minimum atomic E-state index is 0.377. The second-order valence-electron chi connectivity index (χ2n) is 5.04. The minimum Gasteiger partial charge on any atom is -0.497 e. The van der Waals surface area contributed by atoms with Crippen molar-refractivity contribution in [2.75, 3.05) is 7.11 Å². The lowest BCUT2D eigenvalue weighted by Crippen LogP contribution is -1.94. The molecule has 0 aliphatic carbocycles. The van der Waals surface area contributed by atoms with Crippen LogP contribution in [0.25, 0.3) is 11.5 Å². The fraction of sp³-hybridized carbons (Fsp3) is 0.176. The molecular weight excluding hydrogens is 324 g/mol. The van der Waals surface area contributed by atoms with Crippen LogP contribution in [0.2, 0.25) is 0 Å². The van der Waals surface area contributed by atoms with Gasteiger partial charge >= 0.3 is 0 Å². The molecule has 0 amide bonds. The van der Waals surface area contributed by atoms with Crippen molar-refractivity contribution in [2.45, 2.75) is 24.0 Å². The highest BCUT2D eigenvalue weighted by atomic mass is 32.2. The van der Waals surface area contributed by atoms with E-state index in [2.05, 4.69) is 21.3 Å². The third kappa shape index (κ3) is 3.24. The number of hydrogen-bond donors (Lipinski definition) is 0. The van der Waals surface area contributed by atoms with Gasteiger partial charge < -0.3 is 9.15 Å². The molecule has 2 heterocycles. The predicted molar refractivity (Wildman–Crippen MR) is 88.8 cm³/mol. The molecular formula is C17H14N4O2S. The van der Waals surface area contributed by atoms with Crippen LogP contribution in [0.1, 0.15) is 17.0 Å². The summed E-state index contributed by atoms with van der Waals surface area (Å²) < 4.78 is 10.8. The molecule has 120 valence electrons. The lowest BCUT2D eigenvalue weighted by Gasteiger charge is -2.04. The summed E-state index contributed by atoms with van der Waals surface area (Å²) in [6, 6.07) is 11.4. The lowest BCUT2D eigenvalue weighted by atomic mass is 10.2. The first-order valence-electron chi connectivity index (χ1n) is 7.15. The van der Waals surface area contributed by atoms with Crippen LogP contribution >= 0.6 is 11.8 Å². The number of rotatable bonds is 4. The van der Waals surface area contributed by atoms with Gasteiger partial charge in [-0.2, -0.15) is 5.26 Å². The maximum Gasteiger partial charge on any atom is 0.281 e. The van der Waals surface area contributed by atoms with Crippen LogP contribution in [0.4, 0.5) is 0 Å². The third-order valence-electron chi connectivity index (χ3n) is 3.34. The van der Waals surface area contributed by atoms with Crippen molar-refractivity contribution in [3.8, 4) is 23.3 Å². The molecule has 0 aliphatic heterocycles. The van der Waals surface area contributed by atoms with Gasteiger partial charge in [0.15, 0.2) is 0 Å². The Hall–Kier alpha value is -2.85. The van der Waals surface area contributed by atoms with E-state index in [1.165, 1.54) is 11.8 Å². The SMILES string of the molecule is COc1ccc(-c2nnc(Sc3cc(C)nc(C)c3C#N)o2)cc1. The fourth-order valence-corrected chi connectivity index (χ4v) is 3.12. The number of hydrogen-bond acceptors (Lipinski definition) is 7. The Morgan fingerprint density at radius 2 is 1.92 bits per heavy atom. The number of nitrogens with zero attached hydrogens (tertiary/aromatic N) is 4. The van der Waals surface area contributed by atoms with E-state index in [1.54, 1.807) is 7.11 Å². The zero-order chi connectivity index (χ0) is 17.1. The average molecular weight is 338 g/mol. The molecule has 24 heavy (non-hydrogen) atoms. The zero-order valence-corrected chi connectivity index (χ0v) is 14.2. The molecule has 0 radical (unpaired) electrons. The van der Waals surface area contributed by atoms with Crippen LogP contribution in [0.15, 0.2) is 44.9 Å². The van der Waals surface area contributed by atoms with Crippen LogP contribution in [0.3, 0.4) is 0 Å². The molecule has 7 heteroatoms. The van der Waals surface area contributed by atoms with Gasteiger partial charge in [-0.25, -0.2) is 0 Å². The molecule has 0 aliphatic rings. The van der Waals surface area contributed by atoms with Crippen molar-refractivity contribution < 1.29 is 9.15 Å². The maximum absolute atomic E-state index is 9.32. The lowest BCUT2D eigenvalue weighted by molar-refractivity contribution is 0.414. The number of nitriles is 1. The van der Waals surface area contributed by atoms with Gasteiger partial charge in [0.25, 0.3) is 5.22 Å². The topological polar surface area (TPSA) is 84.8 Å². The molecule has 0 unspecified atom stereocenters. The quantitative estimate of drug-likeness (QED) is 0.715. The number of ether oxygens (including phenoxy) is 1. The summed E-state index contributed by atoms with van der Waals surface area (Å²) in [6.07, 6.45) is 0. The Labute approximate surface area is 143 Å². The van der Waals surface area contributed by atoms with Gasteiger partial charge in [-0.15, -0.1) is 10.2 Å². The Balaban J connectivity index is 1.88. The smallest absolute Gasteiger partial charge is 0.281 e. The van der Waals surface area contributed by atoms with E-state index in [0.717, 1.165) is 21.9 Å². The molecule has 2 aromatic heterocycles. The van der Waals surface area contributed by atoms with Crippen molar-refractivity contribution in [3.63, 3.8) is 0 Å². The van der Waals surface area contributed by atoms with E-state index in [0.29, 0.717) is 22.4 Å². The highest BCUT2D eigenvalue weighted by molar-refractivity contribution is 7.99. The highest BCUT2D eigenvalue weighted by Gasteiger charge is 2.14. The second-order valence-corrected chi connectivity index (χ2v) is 6.03. The van der Waals surface area contributed by atoms with Crippen molar-refractivity contribution in [1.29, 1.82) is 5.26 Å². The van der Waals surface area contributed by atoms with E-state index in [1.807, 2.05) is 44.2 Å². The molecule has 0 bridgehead atoms. The van der Waals surface area contributed by atoms with E-state index in [9.17, 15) is 5.26 Å². The first-order valence-corrected chi connectivity index (χ1v) is 7.96. The molecule has 0 saturated heterocycles. The van der Waals surface area contributed by atoms with Crippen LogP contribution in [0.5, 0.6) is 5.75 Å². The van der Waals surface area contributed by atoms with Crippen LogP contribution in [0, 0.1) is 25.2 Å². The molecule has 0 saturated carbocycles. The molecule has 0 atom stereocenters. The van der Waals surface area contributed by atoms with Crippen LogP contribution < -0.4 is 4.74 Å². The maximum atomic E-state index is 9.32. The summed E-state index contributed by atoms with van der Waals surface area (Å²) in [4.78, 5) is 5.06. The summed E-state index contributed by atoms with van der Waals surface area (Å²) in [5, 5.41) is 17.8. The van der Waals surface area contributed by atoms with Crippen molar-refractivity contribution in [2.24, 2.45) is 0 Å². The standard InChI is InChI=1S/C17H14N4O2S/c1-10-8-15(14(9-18)11(2)19-10)24-17-21-20-16(23-17)12-4-6-13(22-3)7-5-12/h4-8H,1-3H3. The van der Waals surface area contributed by atoms with Crippen LogP contribution in [-0.4, -0.2) is 22.3 Å². The number of aromatic nitrogens is 3. The van der Waals surface area contributed by atoms with E-state index in [4.69, 9.17) is 9.15 Å². The number of pyridine rings is 1. The Bertz CT molecular complexity index is 913. The van der Waals surface area contributed by atoms with Gasteiger partial charge in [0.2, 0.25) is 5.89 Å². The number of aryl methyl sites for hydroxylation is 2. The van der Waals surface area contributed by atoms with Gasteiger partial charge in [0.05, 0.1) is 18.4 Å². The molecule has 0 N–H and O–H groups in total. The van der Waals surface area contributed by atoms with Crippen molar-refractivity contribution in [3.05, 3.63) is 47.3 Å². The van der Waals surface area contributed by atoms with Gasteiger partial charge in [-0.1, -0.05) is 0 Å². The fourth-order valence-electron chi connectivity index (χ4n) is 2.20. The van der Waals surface area contributed by atoms with Gasteiger partial charge in [0, 0.05) is 16.2 Å². The summed E-state index contributed by atoms with van der Waals surface area (Å²) in [7, 11) is 1.61. The van der Waals surface area contributed by atoms with Crippen molar-refractivity contribution in [1.82, 2.24) is 15.2 Å². The third-order valence-corrected chi connectivity index (χ3v) is 4.23. The summed E-state index contributed by atoms with van der Waals surface area (Å²) in [5.74, 6) is 1.18. The number of benzene rings is 1. The first-order chi connectivity index (χ1) is 11.6. The molecule has 0 spiro atoms. The van der Waals surface area contributed by atoms with Gasteiger partial charge in [0.1, 0.15) is 11.8 Å². The van der Waals surface area contributed by atoms with Crippen LogP contribution in [-0.2, 0) is 0 Å². The second kappa shape index (κ2) is 6.72. The van der Waals surface area contributed by atoms with Crippen molar-refractivity contribution >= 4 is 11.8 Å². The molecule has 6 nitrogen and oxygen atoms in total. The summed E-state index contributed by atoms with van der Waals surface area (Å²) in [5.41, 5.74) is 2.85. The van der Waals surface area contributed by atoms with E-state index < -0.39 is 0 Å². The Kier molecular flexibility index (Phi) is 4.49. The van der Waals surface area contributed by atoms with Gasteiger partial charge in [-0.3, -0.25) is 4.98 Å².